The summed E-state index contributed by atoms with van der Waals surface area (Å²) >= 11 is 0. The third-order valence-electron chi connectivity index (χ3n) is 3.34. The minimum absolute atomic E-state index is 0.272. The average molecular weight is 321 g/mol. The normalized spacial score (nSPS) is 10.5. The van der Waals surface area contributed by atoms with E-state index in [1.807, 2.05) is 0 Å². The molecule has 0 spiro atoms. The van der Waals surface area contributed by atoms with Crippen LogP contribution >= 0.6 is 0 Å². The topological polar surface area (TPSA) is 98.0 Å². The van der Waals surface area contributed by atoms with Crippen molar-refractivity contribution in [3.05, 3.63) is 34.7 Å². The number of unbranched alkanes of at least 4 members (excludes halogenated alkanes) is 2. The molecule has 23 heavy (non-hydrogen) atoms. The summed E-state index contributed by atoms with van der Waals surface area (Å²) in [6.07, 6.45) is 2.44. The third kappa shape index (κ3) is 4.72. The van der Waals surface area contributed by atoms with Gasteiger partial charge in [0, 0.05) is 12.5 Å². The number of fused-ring (bicyclic) bond motifs is 1. The molecule has 0 aliphatic heterocycles. The Labute approximate surface area is 132 Å². The Balaban J connectivity index is 1.95. The van der Waals surface area contributed by atoms with Gasteiger partial charge < -0.3 is 13.9 Å². The van der Waals surface area contributed by atoms with Crippen molar-refractivity contribution in [1.82, 2.24) is 5.48 Å². The molecule has 0 aliphatic rings. The Morgan fingerprint density at radius 3 is 2.83 bits per heavy atom. The lowest BCUT2D eigenvalue weighted by Gasteiger charge is -2.09. The molecule has 0 saturated carbocycles. The van der Waals surface area contributed by atoms with Crippen molar-refractivity contribution in [3.63, 3.8) is 0 Å². The number of carbonyl (C=O) groups is 1. The number of nitrogens with one attached hydrogen (secondary N) is 1. The van der Waals surface area contributed by atoms with Crippen molar-refractivity contribution < 1.29 is 23.9 Å². The molecular weight excluding hydrogens is 302 g/mol. The fraction of sp³-hybridized carbons (Fsp3) is 0.375. The molecule has 1 aromatic carbocycles. The monoisotopic (exact) mass is 321 g/mol. The van der Waals surface area contributed by atoms with Crippen molar-refractivity contribution in [3.8, 4) is 11.5 Å². The largest absolute Gasteiger partial charge is 0.497 e. The molecule has 0 atom stereocenters. The molecule has 0 unspecified atom stereocenters. The van der Waals surface area contributed by atoms with Crippen LogP contribution in [0.15, 0.2) is 33.5 Å². The predicted octanol–water partition coefficient (Wildman–Crippen LogP) is 2.25. The Morgan fingerprint density at radius 1 is 1.26 bits per heavy atom. The summed E-state index contributed by atoms with van der Waals surface area (Å²) in [6.45, 7) is 0.422. The van der Waals surface area contributed by atoms with Crippen LogP contribution in [0.3, 0.4) is 0 Å². The van der Waals surface area contributed by atoms with E-state index in [-0.39, 0.29) is 6.42 Å². The number of carbonyl (C=O) groups excluding carboxylic acids is 1. The summed E-state index contributed by atoms with van der Waals surface area (Å²) in [5.74, 6) is 0.665. The van der Waals surface area contributed by atoms with Crippen LogP contribution in [0, 0.1) is 0 Å². The maximum absolute atomic E-state index is 11.6. The lowest BCUT2D eigenvalue weighted by Crippen LogP contribution is -2.17. The quantitative estimate of drug-likeness (QED) is 0.335. The summed E-state index contributed by atoms with van der Waals surface area (Å²) < 4.78 is 15.9. The van der Waals surface area contributed by atoms with E-state index >= 15 is 0 Å². The first-order valence-electron chi connectivity index (χ1n) is 7.31. The van der Waals surface area contributed by atoms with Gasteiger partial charge in [-0.25, -0.2) is 10.3 Å². The van der Waals surface area contributed by atoms with Crippen molar-refractivity contribution in [2.24, 2.45) is 0 Å². The van der Waals surface area contributed by atoms with Crippen molar-refractivity contribution in [2.45, 2.75) is 25.7 Å². The zero-order valence-corrected chi connectivity index (χ0v) is 12.8. The number of benzene rings is 1. The van der Waals surface area contributed by atoms with Gasteiger partial charge in [0.25, 0.3) is 0 Å². The number of ether oxygens (including phenoxy) is 2. The maximum Gasteiger partial charge on any atom is 0.339 e. The fourth-order valence-electron chi connectivity index (χ4n) is 2.16. The second kappa shape index (κ2) is 8.19. The van der Waals surface area contributed by atoms with Gasteiger partial charge in [-0.15, -0.1) is 0 Å². The lowest BCUT2D eigenvalue weighted by molar-refractivity contribution is -0.129. The van der Waals surface area contributed by atoms with Gasteiger partial charge in [-0.1, -0.05) is 0 Å². The van der Waals surface area contributed by atoms with E-state index < -0.39 is 11.5 Å². The van der Waals surface area contributed by atoms with Crippen LogP contribution in [-0.2, 0) is 4.79 Å². The Morgan fingerprint density at radius 2 is 2.09 bits per heavy atom. The van der Waals surface area contributed by atoms with Crippen molar-refractivity contribution in [1.29, 1.82) is 0 Å². The van der Waals surface area contributed by atoms with Crippen LogP contribution < -0.4 is 20.6 Å². The minimum atomic E-state index is -0.486. The maximum atomic E-state index is 11.6. The lowest BCUT2D eigenvalue weighted by atomic mass is 10.2. The number of hydrogen-bond donors (Lipinski definition) is 2. The third-order valence-corrected chi connectivity index (χ3v) is 3.34. The second-order valence-electron chi connectivity index (χ2n) is 4.99. The molecule has 0 aliphatic carbocycles. The van der Waals surface area contributed by atoms with Gasteiger partial charge in [-0.3, -0.25) is 10.0 Å². The van der Waals surface area contributed by atoms with Gasteiger partial charge >= 0.3 is 5.63 Å². The van der Waals surface area contributed by atoms with E-state index in [4.69, 9.17) is 19.1 Å². The van der Waals surface area contributed by atoms with Crippen LogP contribution in [-0.4, -0.2) is 24.8 Å². The van der Waals surface area contributed by atoms with E-state index in [1.165, 1.54) is 13.2 Å². The van der Waals surface area contributed by atoms with E-state index in [0.717, 1.165) is 12.8 Å². The first-order valence-corrected chi connectivity index (χ1v) is 7.31. The van der Waals surface area contributed by atoms with Gasteiger partial charge in [-0.2, -0.15) is 0 Å². The average Bonchev–Trinajstić information content (AvgIpc) is 2.56. The summed E-state index contributed by atoms with van der Waals surface area (Å²) in [6, 6.07) is 6.49. The molecule has 2 N–H and O–H groups in total. The highest BCUT2D eigenvalue weighted by molar-refractivity contribution is 5.84. The van der Waals surface area contributed by atoms with Crippen LogP contribution in [0.25, 0.3) is 11.0 Å². The molecule has 1 aromatic heterocycles. The first-order chi connectivity index (χ1) is 11.1. The highest BCUT2D eigenvalue weighted by Crippen LogP contribution is 2.27. The molecule has 0 radical (unpaired) electrons. The molecule has 124 valence electrons. The van der Waals surface area contributed by atoms with E-state index in [9.17, 15) is 9.59 Å². The minimum Gasteiger partial charge on any atom is -0.497 e. The van der Waals surface area contributed by atoms with E-state index in [0.29, 0.717) is 35.5 Å². The highest BCUT2D eigenvalue weighted by Gasteiger charge is 2.08. The zero-order valence-electron chi connectivity index (χ0n) is 12.8. The summed E-state index contributed by atoms with van der Waals surface area (Å²) in [5.41, 5.74) is 1.51. The highest BCUT2D eigenvalue weighted by atomic mass is 16.5. The van der Waals surface area contributed by atoms with Crippen molar-refractivity contribution in [2.75, 3.05) is 13.7 Å². The first kappa shape index (κ1) is 16.8. The fourth-order valence-corrected chi connectivity index (χ4v) is 2.16. The number of hydrogen-bond acceptors (Lipinski definition) is 6. The molecule has 1 heterocycles. The van der Waals surface area contributed by atoms with Gasteiger partial charge in [0.2, 0.25) is 5.91 Å². The molecule has 2 aromatic rings. The molecule has 7 nitrogen and oxygen atoms in total. The summed E-state index contributed by atoms with van der Waals surface area (Å²) in [4.78, 5) is 22.4. The Kier molecular flexibility index (Phi) is 5.99. The number of amides is 1. The zero-order chi connectivity index (χ0) is 16.7. The molecule has 0 bridgehead atoms. The van der Waals surface area contributed by atoms with Gasteiger partial charge in [0.15, 0.2) is 0 Å². The standard InChI is InChI=1S/C16H19NO6/c1-21-11-6-7-12-13(10-16(19)23-14(12)9-11)22-8-4-2-3-5-15(18)17-20/h6-7,9-10,20H,2-5,8H2,1H3,(H,17,18). The van der Waals surface area contributed by atoms with E-state index in [2.05, 4.69) is 0 Å². The van der Waals surface area contributed by atoms with Crippen LogP contribution in [0.2, 0.25) is 0 Å². The van der Waals surface area contributed by atoms with Gasteiger partial charge in [0.1, 0.15) is 17.1 Å². The van der Waals surface area contributed by atoms with E-state index in [1.54, 1.807) is 23.7 Å². The van der Waals surface area contributed by atoms with Crippen LogP contribution in [0.1, 0.15) is 25.7 Å². The van der Waals surface area contributed by atoms with Crippen LogP contribution in [0.5, 0.6) is 11.5 Å². The Bertz CT molecular complexity index is 724. The number of rotatable bonds is 8. The number of hydroxylamine groups is 1. The summed E-state index contributed by atoms with van der Waals surface area (Å²) in [7, 11) is 1.54. The molecule has 2 rings (SSSR count). The van der Waals surface area contributed by atoms with Gasteiger partial charge in [0.05, 0.1) is 25.2 Å². The Hall–Kier alpha value is -2.54. The smallest absolute Gasteiger partial charge is 0.339 e. The molecule has 0 saturated heterocycles. The summed E-state index contributed by atoms with van der Waals surface area (Å²) in [5, 5.41) is 9.08. The molecular formula is C16H19NO6. The van der Waals surface area contributed by atoms with Gasteiger partial charge in [-0.05, 0) is 31.4 Å². The SMILES string of the molecule is COc1ccc2c(OCCCCCC(=O)NO)cc(=O)oc2c1. The molecule has 7 heteroatoms. The molecule has 0 fully saturated rings. The number of methoxy groups -OCH3 is 1. The predicted molar refractivity (Wildman–Crippen MR) is 82.9 cm³/mol. The van der Waals surface area contributed by atoms with Crippen LogP contribution in [0.4, 0.5) is 0 Å². The molecule has 1 amide bonds. The van der Waals surface area contributed by atoms with Crippen molar-refractivity contribution >= 4 is 16.9 Å². The second-order valence-corrected chi connectivity index (χ2v) is 4.99.